The maximum Gasteiger partial charge on any atom is 0.358 e. The van der Waals surface area contributed by atoms with E-state index in [2.05, 4.69) is 21.0 Å². The fourth-order valence-corrected chi connectivity index (χ4v) is 2.28. The molecule has 0 aliphatic heterocycles. The third kappa shape index (κ3) is 2.28. The molecule has 94 valence electrons. The third-order valence-electron chi connectivity index (χ3n) is 2.51. The molecular weight excluding hydrogens is 320 g/mol. The van der Waals surface area contributed by atoms with Gasteiger partial charge in [0.2, 0.25) is 0 Å². The van der Waals surface area contributed by atoms with Gasteiger partial charge in [0.15, 0.2) is 5.69 Å². The molecule has 6 heteroatoms. The van der Waals surface area contributed by atoms with E-state index in [1.54, 1.807) is 4.68 Å². The maximum absolute atomic E-state index is 11.0. The molecule has 0 aliphatic carbocycles. The number of benzene rings is 1. The zero-order chi connectivity index (χ0) is 13.3. The van der Waals surface area contributed by atoms with E-state index < -0.39 is 5.97 Å². The van der Waals surface area contributed by atoms with Crippen LogP contribution in [0.3, 0.4) is 0 Å². The van der Waals surface area contributed by atoms with Crippen LogP contribution in [-0.4, -0.2) is 20.9 Å². The van der Waals surface area contributed by atoms with Crippen molar-refractivity contribution in [2.75, 3.05) is 0 Å². The van der Waals surface area contributed by atoms with Gasteiger partial charge in [-0.3, -0.25) is 4.68 Å². The summed E-state index contributed by atoms with van der Waals surface area (Å²) in [6.45, 7) is 2.44. The molecule has 18 heavy (non-hydrogen) atoms. The van der Waals surface area contributed by atoms with Crippen LogP contribution >= 0.6 is 27.5 Å². The van der Waals surface area contributed by atoms with Crippen LogP contribution in [0.4, 0.5) is 0 Å². The Bertz CT molecular complexity index is 593. The summed E-state index contributed by atoms with van der Waals surface area (Å²) in [4.78, 5) is 11.0. The Morgan fingerprint density at radius 3 is 2.56 bits per heavy atom. The zero-order valence-corrected chi connectivity index (χ0v) is 11.9. The summed E-state index contributed by atoms with van der Waals surface area (Å²) in [6, 6.07) is 7.48. The van der Waals surface area contributed by atoms with Gasteiger partial charge in [-0.25, -0.2) is 4.79 Å². The summed E-state index contributed by atoms with van der Waals surface area (Å²) >= 11 is 9.45. The van der Waals surface area contributed by atoms with Gasteiger partial charge >= 0.3 is 5.97 Å². The molecule has 0 amide bonds. The van der Waals surface area contributed by atoms with Crippen LogP contribution in [0, 0.1) is 0 Å². The summed E-state index contributed by atoms with van der Waals surface area (Å²) in [7, 11) is 0. The number of hydrogen-bond acceptors (Lipinski definition) is 2. The van der Waals surface area contributed by atoms with Crippen molar-refractivity contribution in [1.82, 2.24) is 9.78 Å². The number of hydrogen-bond donors (Lipinski definition) is 1. The van der Waals surface area contributed by atoms with Gasteiger partial charge in [0, 0.05) is 16.6 Å². The molecule has 1 aromatic heterocycles. The number of carboxylic acids is 1. The number of aromatic nitrogens is 2. The lowest BCUT2D eigenvalue weighted by Gasteiger charge is -2.05. The topological polar surface area (TPSA) is 55.1 Å². The van der Waals surface area contributed by atoms with Gasteiger partial charge in [0.25, 0.3) is 0 Å². The molecule has 0 aliphatic rings. The van der Waals surface area contributed by atoms with E-state index in [-0.39, 0.29) is 10.7 Å². The van der Waals surface area contributed by atoms with Crippen LogP contribution in [0.25, 0.3) is 11.3 Å². The minimum atomic E-state index is -1.12. The van der Waals surface area contributed by atoms with Crippen molar-refractivity contribution in [2.24, 2.45) is 0 Å². The minimum absolute atomic E-state index is 0.114. The van der Waals surface area contributed by atoms with Crippen LogP contribution in [0.15, 0.2) is 28.7 Å². The molecule has 0 bridgehead atoms. The second-order valence-electron chi connectivity index (χ2n) is 3.64. The van der Waals surface area contributed by atoms with Crippen LogP contribution in [0.1, 0.15) is 17.4 Å². The van der Waals surface area contributed by atoms with Crippen molar-refractivity contribution in [2.45, 2.75) is 13.5 Å². The average molecular weight is 330 g/mol. The van der Waals surface area contributed by atoms with Crippen molar-refractivity contribution in [3.05, 3.63) is 39.5 Å². The molecule has 1 aromatic carbocycles. The Labute approximate surface area is 117 Å². The zero-order valence-electron chi connectivity index (χ0n) is 9.52. The Morgan fingerprint density at radius 2 is 2.06 bits per heavy atom. The Hall–Kier alpha value is -1.33. The van der Waals surface area contributed by atoms with Crippen LogP contribution < -0.4 is 0 Å². The summed E-state index contributed by atoms with van der Waals surface area (Å²) in [6.07, 6.45) is 0. The van der Waals surface area contributed by atoms with Gasteiger partial charge in [0.05, 0.1) is 5.69 Å². The number of nitrogens with zero attached hydrogens (tertiary/aromatic N) is 2. The fraction of sp³-hybridized carbons (Fsp3) is 0.167. The predicted molar refractivity (Wildman–Crippen MR) is 73.0 cm³/mol. The molecular formula is C12H10BrClN2O2. The first kappa shape index (κ1) is 13.1. The smallest absolute Gasteiger partial charge is 0.358 e. The highest BCUT2D eigenvalue weighted by atomic mass is 79.9. The van der Waals surface area contributed by atoms with E-state index in [9.17, 15) is 4.79 Å². The molecule has 0 spiro atoms. The SMILES string of the molecule is CCn1nc(C(=O)O)c(Cl)c1-c1ccc(Br)cc1. The largest absolute Gasteiger partial charge is 0.476 e. The Kier molecular flexibility index (Phi) is 3.73. The second-order valence-corrected chi connectivity index (χ2v) is 4.93. The normalized spacial score (nSPS) is 10.6. The van der Waals surface area contributed by atoms with E-state index in [0.29, 0.717) is 12.2 Å². The highest BCUT2D eigenvalue weighted by molar-refractivity contribution is 9.10. The molecule has 0 unspecified atom stereocenters. The summed E-state index contributed by atoms with van der Waals surface area (Å²) in [5.41, 5.74) is 1.35. The monoisotopic (exact) mass is 328 g/mol. The van der Waals surface area contributed by atoms with Gasteiger partial charge in [-0.15, -0.1) is 0 Å². The quantitative estimate of drug-likeness (QED) is 0.934. The van der Waals surface area contributed by atoms with E-state index in [1.165, 1.54) is 0 Å². The lowest BCUT2D eigenvalue weighted by atomic mass is 10.1. The molecule has 2 rings (SSSR count). The highest BCUT2D eigenvalue weighted by Crippen LogP contribution is 2.31. The van der Waals surface area contributed by atoms with Gasteiger partial charge < -0.3 is 5.11 Å². The number of aryl methyl sites for hydroxylation is 1. The van der Waals surface area contributed by atoms with Gasteiger partial charge in [-0.1, -0.05) is 39.7 Å². The van der Waals surface area contributed by atoms with Crippen molar-refractivity contribution >= 4 is 33.5 Å². The van der Waals surface area contributed by atoms with Gasteiger partial charge in [-0.2, -0.15) is 5.10 Å². The average Bonchev–Trinajstić information content (AvgIpc) is 2.67. The molecule has 4 nitrogen and oxygen atoms in total. The van der Waals surface area contributed by atoms with Crippen molar-refractivity contribution in [3.63, 3.8) is 0 Å². The van der Waals surface area contributed by atoms with E-state index in [4.69, 9.17) is 16.7 Å². The Balaban J connectivity index is 2.62. The number of rotatable bonds is 3. The first-order valence-corrected chi connectivity index (χ1v) is 6.47. The maximum atomic E-state index is 11.0. The van der Waals surface area contributed by atoms with Crippen LogP contribution in [0.2, 0.25) is 5.02 Å². The number of halogens is 2. The number of carbonyl (C=O) groups is 1. The minimum Gasteiger partial charge on any atom is -0.476 e. The molecule has 0 saturated heterocycles. The molecule has 0 saturated carbocycles. The van der Waals surface area contributed by atoms with Crippen LogP contribution in [-0.2, 0) is 6.54 Å². The summed E-state index contributed by atoms with van der Waals surface area (Å²) in [5.74, 6) is -1.12. The summed E-state index contributed by atoms with van der Waals surface area (Å²) < 4.78 is 2.54. The van der Waals surface area contributed by atoms with E-state index in [0.717, 1.165) is 10.0 Å². The van der Waals surface area contributed by atoms with E-state index >= 15 is 0 Å². The van der Waals surface area contributed by atoms with Crippen molar-refractivity contribution in [3.8, 4) is 11.3 Å². The van der Waals surface area contributed by atoms with Gasteiger partial charge in [0.1, 0.15) is 5.02 Å². The second kappa shape index (κ2) is 5.12. The number of aromatic carboxylic acids is 1. The third-order valence-corrected chi connectivity index (χ3v) is 3.40. The molecule has 1 heterocycles. The molecule has 0 radical (unpaired) electrons. The summed E-state index contributed by atoms with van der Waals surface area (Å²) in [5, 5.41) is 13.2. The predicted octanol–water partition coefficient (Wildman–Crippen LogP) is 3.68. The van der Waals surface area contributed by atoms with E-state index in [1.807, 2.05) is 31.2 Å². The lowest BCUT2D eigenvalue weighted by Crippen LogP contribution is -2.02. The molecule has 0 atom stereocenters. The standard InChI is InChI=1S/C12H10BrClN2O2/c1-2-16-11(7-3-5-8(13)6-4-7)9(14)10(15-16)12(17)18/h3-6H,2H2,1H3,(H,17,18). The Morgan fingerprint density at radius 1 is 1.44 bits per heavy atom. The molecule has 2 aromatic rings. The highest BCUT2D eigenvalue weighted by Gasteiger charge is 2.21. The van der Waals surface area contributed by atoms with Crippen molar-refractivity contribution < 1.29 is 9.90 Å². The lowest BCUT2D eigenvalue weighted by molar-refractivity contribution is 0.0689. The first-order valence-electron chi connectivity index (χ1n) is 5.30. The van der Waals surface area contributed by atoms with Gasteiger partial charge in [-0.05, 0) is 19.1 Å². The van der Waals surface area contributed by atoms with Crippen LogP contribution in [0.5, 0.6) is 0 Å². The molecule has 1 N–H and O–H groups in total. The van der Waals surface area contributed by atoms with Crippen molar-refractivity contribution in [1.29, 1.82) is 0 Å². The fourth-order valence-electron chi connectivity index (χ4n) is 1.69. The molecule has 0 fully saturated rings. The number of carboxylic acid groups (broad SMARTS) is 1. The first-order chi connectivity index (χ1) is 8.54.